The first-order valence-electron chi connectivity index (χ1n) is 6.14. The second-order valence-corrected chi connectivity index (χ2v) is 4.58. The van der Waals surface area contributed by atoms with E-state index in [9.17, 15) is 30.3 Å². The SMILES string of the molecule is O=c1c(-c2ccccc2)c(O)oc2c(O)c(O)c(O)c(O)c12. The van der Waals surface area contributed by atoms with Gasteiger partial charge in [-0.15, -0.1) is 0 Å². The number of rotatable bonds is 1. The van der Waals surface area contributed by atoms with Gasteiger partial charge in [-0.3, -0.25) is 4.79 Å². The van der Waals surface area contributed by atoms with Crippen LogP contribution in [0.25, 0.3) is 22.1 Å². The van der Waals surface area contributed by atoms with Crippen LogP contribution in [0.15, 0.2) is 39.5 Å². The van der Waals surface area contributed by atoms with Gasteiger partial charge < -0.3 is 29.9 Å². The van der Waals surface area contributed by atoms with Gasteiger partial charge in [-0.1, -0.05) is 30.3 Å². The highest BCUT2D eigenvalue weighted by Crippen LogP contribution is 2.48. The van der Waals surface area contributed by atoms with Gasteiger partial charge in [0.25, 0.3) is 5.95 Å². The van der Waals surface area contributed by atoms with Crippen LogP contribution in [0.3, 0.4) is 0 Å². The quantitative estimate of drug-likeness (QED) is 0.343. The summed E-state index contributed by atoms with van der Waals surface area (Å²) in [6, 6.07) is 8.04. The van der Waals surface area contributed by atoms with Crippen LogP contribution in [-0.2, 0) is 0 Å². The average molecular weight is 302 g/mol. The molecule has 0 saturated carbocycles. The van der Waals surface area contributed by atoms with Gasteiger partial charge >= 0.3 is 0 Å². The third-order valence-electron chi connectivity index (χ3n) is 3.28. The van der Waals surface area contributed by atoms with Crippen LogP contribution in [-0.4, -0.2) is 25.5 Å². The molecule has 0 bridgehead atoms. The van der Waals surface area contributed by atoms with E-state index in [1.54, 1.807) is 18.2 Å². The number of fused-ring (bicyclic) bond motifs is 1. The smallest absolute Gasteiger partial charge is 0.294 e. The molecule has 0 fully saturated rings. The van der Waals surface area contributed by atoms with Crippen LogP contribution >= 0.6 is 0 Å². The molecule has 0 spiro atoms. The topological polar surface area (TPSA) is 131 Å². The second-order valence-electron chi connectivity index (χ2n) is 4.58. The Labute approximate surface area is 122 Å². The minimum atomic E-state index is -1.06. The van der Waals surface area contributed by atoms with Crippen molar-refractivity contribution in [2.75, 3.05) is 0 Å². The number of phenolic OH excluding ortho intramolecular Hbond substituents is 4. The highest BCUT2D eigenvalue weighted by molar-refractivity contribution is 5.96. The summed E-state index contributed by atoms with van der Waals surface area (Å²) in [7, 11) is 0. The fraction of sp³-hybridized carbons (Fsp3) is 0. The average Bonchev–Trinajstić information content (AvgIpc) is 2.51. The van der Waals surface area contributed by atoms with Crippen molar-refractivity contribution in [3.05, 3.63) is 40.6 Å². The molecule has 3 aromatic rings. The molecule has 0 saturated heterocycles. The molecular formula is C15H10O7. The molecule has 2 aromatic carbocycles. The third-order valence-corrected chi connectivity index (χ3v) is 3.28. The highest BCUT2D eigenvalue weighted by atomic mass is 16.5. The monoisotopic (exact) mass is 302 g/mol. The molecule has 1 heterocycles. The summed E-state index contributed by atoms with van der Waals surface area (Å²) < 4.78 is 4.95. The zero-order chi connectivity index (χ0) is 16.0. The van der Waals surface area contributed by atoms with Gasteiger partial charge in [-0.25, -0.2) is 0 Å². The summed E-state index contributed by atoms with van der Waals surface area (Å²) in [5.74, 6) is -4.81. The molecule has 5 N–H and O–H groups in total. The Hall–Kier alpha value is -3.35. The lowest BCUT2D eigenvalue weighted by Gasteiger charge is -2.10. The van der Waals surface area contributed by atoms with Crippen molar-refractivity contribution in [2.45, 2.75) is 0 Å². The Morgan fingerprint density at radius 3 is 2.00 bits per heavy atom. The van der Waals surface area contributed by atoms with E-state index in [0.717, 1.165) is 0 Å². The maximum atomic E-state index is 12.5. The maximum Gasteiger partial charge on any atom is 0.294 e. The maximum absolute atomic E-state index is 12.5. The molecule has 0 aliphatic carbocycles. The predicted octanol–water partition coefficient (Wildman–Crippen LogP) is 1.99. The molecule has 7 heteroatoms. The Bertz CT molecular complexity index is 942. The number of phenols is 4. The van der Waals surface area contributed by atoms with E-state index in [1.165, 1.54) is 12.1 Å². The van der Waals surface area contributed by atoms with Crippen LogP contribution in [0.5, 0.6) is 28.9 Å². The van der Waals surface area contributed by atoms with Crippen molar-refractivity contribution in [1.29, 1.82) is 0 Å². The van der Waals surface area contributed by atoms with Crippen LogP contribution in [0, 0.1) is 0 Å². The molecule has 0 atom stereocenters. The molecule has 3 rings (SSSR count). The number of benzene rings is 2. The first-order chi connectivity index (χ1) is 10.4. The lowest BCUT2D eigenvalue weighted by molar-refractivity contribution is 0.324. The summed E-state index contributed by atoms with van der Waals surface area (Å²) in [4.78, 5) is 12.5. The number of hydrogen-bond donors (Lipinski definition) is 5. The molecular weight excluding hydrogens is 292 g/mol. The summed E-state index contributed by atoms with van der Waals surface area (Å²) in [5, 5.41) is 47.9. The van der Waals surface area contributed by atoms with Gasteiger partial charge in [0.15, 0.2) is 11.3 Å². The Balaban J connectivity index is 2.52. The lowest BCUT2D eigenvalue weighted by Crippen LogP contribution is -2.06. The minimum absolute atomic E-state index is 0.243. The molecule has 0 radical (unpaired) electrons. The Kier molecular flexibility index (Phi) is 2.84. The summed E-state index contributed by atoms with van der Waals surface area (Å²) in [6.07, 6.45) is 0. The molecule has 7 nitrogen and oxygen atoms in total. The standard InChI is InChI=1S/C15H10O7/c16-9-7(6-4-2-1-3-5-6)15(21)22-14-8(9)10(17)11(18)12(19)13(14)20/h1-5,17-21H. The largest absolute Gasteiger partial charge is 0.504 e. The summed E-state index contributed by atoms with van der Waals surface area (Å²) in [5.41, 5.74) is -1.42. The normalized spacial score (nSPS) is 10.9. The zero-order valence-corrected chi connectivity index (χ0v) is 10.9. The predicted molar refractivity (Wildman–Crippen MR) is 76.2 cm³/mol. The van der Waals surface area contributed by atoms with Crippen molar-refractivity contribution in [2.24, 2.45) is 0 Å². The Morgan fingerprint density at radius 1 is 0.773 bits per heavy atom. The van der Waals surface area contributed by atoms with E-state index in [-0.39, 0.29) is 5.56 Å². The first kappa shape index (κ1) is 13.6. The molecule has 0 unspecified atom stereocenters. The number of aromatic hydroxyl groups is 5. The van der Waals surface area contributed by atoms with Gasteiger partial charge in [0, 0.05) is 0 Å². The van der Waals surface area contributed by atoms with Gasteiger partial charge in [0.1, 0.15) is 10.9 Å². The van der Waals surface area contributed by atoms with Crippen molar-refractivity contribution >= 4 is 11.0 Å². The zero-order valence-electron chi connectivity index (χ0n) is 10.9. The van der Waals surface area contributed by atoms with Crippen molar-refractivity contribution < 1.29 is 29.9 Å². The van der Waals surface area contributed by atoms with Crippen molar-refractivity contribution in [3.8, 4) is 40.1 Å². The van der Waals surface area contributed by atoms with Gasteiger partial charge in [-0.2, -0.15) is 0 Å². The van der Waals surface area contributed by atoms with E-state index >= 15 is 0 Å². The van der Waals surface area contributed by atoms with Crippen LogP contribution in [0.1, 0.15) is 0 Å². The van der Waals surface area contributed by atoms with E-state index in [4.69, 9.17) is 4.42 Å². The summed E-state index contributed by atoms with van der Waals surface area (Å²) >= 11 is 0. The molecule has 1 aromatic heterocycles. The van der Waals surface area contributed by atoms with E-state index < -0.39 is 45.3 Å². The van der Waals surface area contributed by atoms with Gasteiger partial charge in [-0.05, 0) is 5.56 Å². The molecule has 22 heavy (non-hydrogen) atoms. The molecule has 0 amide bonds. The van der Waals surface area contributed by atoms with E-state index in [1.807, 2.05) is 0 Å². The van der Waals surface area contributed by atoms with Crippen molar-refractivity contribution in [3.63, 3.8) is 0 Å². The number of hydrogen-bond acceptors (Lipinski definition) is 7. The second kappa shape index (κ2) is 4.59. The lowest BCUT2D eigenvalue weighted by atomic mass is 10.0. The van der Waals surface area contributed by atoms with Crippen LogP contribution in [0.2, 0.25) is 0 Å². The minimum Gasteiger partial charge on any atom is -0.504 e. The molecule has 0 aliphatic rings. The van der Waals surface area contributed by atoms with E-state index in [2.05, 4.69) is 0 Å². The third kappa shape index (κ3) is 1.72. The molecule has 112 valence electrons. The van der Waals surface area contributed by atoms with Gasteiger partial charge in [0.2, 0.25) is 22.7 Å². The van der Waals surface area contributed by atoms with E-state index in [0.29, 0.717) is 5.56 Å². The Morgan fingerprint density at radius 2 is 1.36 bits per heavy atom. The van der Waals surface area contributed by atoms with Crippen LogP contribution < -0.4 is 5.43 Å². The summed E-state index contributed by atoms with van der Waals surface area (Å²) in [6.45, 7) is 0. The van der Waals surface area contributed by atoms with Crippen LogP contribution in [0.4, 0.5) is 0 Å². The highest BCUT2D eigenvalue weighted by Gasteiger charge is 2.26. The molecule has 0 aliphatic heterocycles. The fourth-order valence-electron chi connectivity index (χ4n) is 2.22. The van der Waals surface area contributed by atoms with Gasteiger partial charge in [0.05, 0.1) is 0 Å². The van der Waals surface area contributed by atoms with Crippen molar-refractivity contribution in [1.82, 2.24) is 0 Å². The first-order valence-corrected chi connectivity index (χ1v) is 6.14. The fourth-order valence-corrected chi connectivity index (χ4v) is 2.22.